The third-order valence-corrected chi connectivity index (χ3v) is 3.97. The van der Waals surface area contributed by atoms with E-state index in [0.717, 1.165) is 10.6 Å². The lowest BCUT2D eigenvalue weighted by Crippen LogP contribution is -2.40. The highest BCUT2D eigenvalue weighted by atomic mass is 32.2. The molecule has 1 aliphatic heterocycles. The molecule has 0 N–H and O–H groups in total. The van der Waals surface area contributed by atoms with Crippen LogP contribution >= 0.6 is 11.8 Å². The molecule has 1 aliphatic rings. The van der Waals surface area contributed by atoms with E-state index in [2.05, 4.69) is 6.92 Å². The van der Waals surface area contributed by atoms with Gasteiger partial charge in [0.05, 0.1) is 25.4 Å². The second-order valence-corrected chi connectivity index (χ2v) is 5.77. The number of morpholine rings is 1. The number of carbonyl (C=O) groups is 1. The lowest BCUT2D eigenvalue weighted by molar-refractivity contribution is 0.0300. The van der Waals surface area contributed by atoms with E-state index in [9.17, 15) is 4.79 Å². The number of rotatable bonds is 5. The molecule has 4 nitrogen and oxygen atoms in total. The van der Waals surface area contributed by atoms with Crippen molar-refractivity contribution in [1.82, 2.24) is 4.90 Å². The molecule has 0 aliphatic carbocycles. The van der Waals surface area contributed by atoms with Crippen molar-refractivity contribution in [2.24, 2.45) is 0 Å². The van der Waals surface area contributed by atoms with E-state index in [1.807, 2.05) is 30.0 Å². The molecule has 0 radical (unpaired) electrons. The van der Waals surface area contributed by atoms with Crippen LogP contribution in [0.1, 0.15) is 24.2 Å². The van der Waals surface area contributed by atoms with Crippen LogP contribution in [0, 0.1) is 0 Å². The van der Waals surface area contributed by atoms with Gasteiger partial charge in [-0.2, -0.15) is 0 Å². The van der Waals surface area contributed by atoms with Crippen LogP contribution in [-0.2, 0) is 4.74 Å². The summed E-state index contributed by atoms with van der Waals surface area (Å²) in [5.74, 6) is 1.72. The predicted molar refractivity (Wildman–Crippen MR) is 80.7 cm³/mol. The Bertz CT molecular complexity index is 458. The number of hydrogen-bond donors (Lipinski definition) is 0. The van der Waals surface area contributed by atoms with Crippen molar-refractivity contribution in [3.8, 4) is 5.75 Å². The maximum atomic E-state index is 12.5. The summed E-state index contributed by atoms with van der Waals surface area (Å²) >= 11 is 1.75. The van der Waals surface area contributed by atoms with E-state index in [1.165, 1.54) is 0 Å². The van der Waals surface area contributed by atoms with Crippen molar-refractivity contribution >= 4 is 17.7 Å². The lowest BCUT2D eigenvalue weighted by atomic mass is 10.1. The first kappa shape index (κ1) is 15.2. The van der Waals surface area contributed by atoms with Gasteiger partial charge in [0.15, 0.2) is 0 Å². The maximum Gasteiger partial charge on any atom is 0.257 e. The zero-order chi connectivity index (χ0) is 14.4. The average Bonchev–Trinajstić information content (AvgIpc) is 2.48. The molecule has 110 valence electrons. The van der Waals surface area contributed by atoms with E-state index in [0.29, 0.717) is 44.2 Å². The average molecular weight is 295 g/mol. The number of amides is 1. The summed E-state index contributed by atoms with van der Waals surface area (Å²) in [6, 6.07) is 5.83. The minimum atomic E-state index is 0.0322. The van der Waals surface area contributed by atoms with Crippen molar-refractivity contribution in [1.29, 1.82) is 0 Å². The SMILES string of the molecule is CCOc1cc(SCC)ccc1C(=O)N1CCOCC1. The fourth-order valence-electron chi connectivity index (χ4n) is 2.15. The van der Waals surface area contributed by atoms with Gasteiger partial charge in [0.25, 0.3) is 5.91 Å². The minimum absolute atomic E-state index is 0.0322. The van der Waals surface area contributed by atoms with E-state index in [-0.39, 0.29) is 5.91 Å². The molecule has 1 fully saturated rings. The van der Waals surface area contributed by atoms with Crippen molar-refractivity contribution in [2.75, 3.05) is 38.7 Å². The summed E-state index contributed by atoms with van der Waals surface area (Å²) in [6.07, 6.45) is 0. The van der Waals surface area contributed by atoms with E-state index >= 15 is 0 Å². The molecule has 5 heteroatoms. The molecule has 20 heavy (non-hydrogen) atoms. The van der Waals surface area contributed by atoms with Crippen LogP contribution in [0.3, 0.4) is 0 Å². The molecule has 1 amide bonds. The molecular formula is C15H21NO3S. The second kappa shape index (κ2) is 7.55. The Morgan fingerprint density at radius 1 is 1.35 bits per heavy atom. The first-order valence-electron chi connectivity index (χ1n) is 7.03. The highest BCUT2D eigenvalue weighted by Gasteiger charge is 2.21. The van der Waals surface area contributed by atoms with Crippen LogP contribution in [-0.4, -0.2) is 49.5 Å². The molecule has 0 aromatic heterocycles. The first-order valence-corrected chi connectivity index (χ1v) is 8.01. The predicted octanol–water partition coefficient (Wildman–Crippen LogP) is 2.67. The number of ether oxygens (including phenoxy) is 2. The highest BCUT2D eigenvalue weighted by Crippen LogP contribution is 2.28. The van der Waals surface area contributed by atoms with Crippen molar-refractivity contribution in [2.45, 2.75) is 18.7 Å². The Hall–Kier alpha value is -1.20. The standard InChI is InChI=1S/C15H21NO3S/c1-3-19-14-11-12(20-4-2)5-6-13(14)15(17)16-7-9-18-10-8-16/h5-6,11H,3-4,7-10H2,1-2H3. The molecule has 1 saturated heterocycles. The molecule has 1 heterocycles. The van der Waals surface area contributed by atoms with Gasteiger partial charge in [0.1, 0.15) is 5.75 Å². The number of thioether (sulfide) groups is 1. The quantitative estimate of drug-likeness (QED) is 0.783. The number of hydrogen-bond acceptors (Lipinski definition) is 4. The molecular weight excluding hydrogens is 274 g/mol. The number of carbonyl (C=O) groups excluding carboxylic acids is 1. The summed E-state index contributed by atoms with van der Waals surface area (Å²) in [4.78, 5) is 15.5. The smallest absolute Gasteiger partial charge is 0.257 e. The van der Waals surface area contributed by atoms with Gasteiger partial charge in [-0.15, -0.1) is 11.8 Å². The number of benzene rings is 1. The topological polar surface area (TPSA) is 38.8 Å². The molecule has 0 atom stereocenters. The van der Waals surface area contributed by atoms with E-state index in [1.54, 1.807) is 11.8 Å². The highest BCUT2D eigenvalue weighted by molar-refractivity contribution is 7.99. The second-order valence-electron chi connectivity index (χ2n) is 4.43. The van der Waals surface area contributed by atoms with Crippen LogP contribution in [0.4, 0.5) is 0 Å². The third kappa shape index (κ3) is 3.67. The van der Waals surface area contributed by atoms with Crippen molar-refractivity contribution < 1.29 is 14.3 Å². The Labute approximate surface area is 124 Å². The first-order chi connectivity index (χ1) is 9.76. The summed E-state index contributed by atoms with van der Waals surface area (Å²) in [7, 11) is 0. The Kier molecular flexibility index (Phi) is 5.73. The zero-order valence-electron chi connectivity index (χ0n) is 12.1. The molecule has 1 aromatic carbocycles. The van der Waals surface area contributed by atoms with Crippen LogP contribution in [0.25, 0.3) is 0 Å². The van der Waals surface area contributed by atoms with Gasteiger partial charge in [-0.3, -0.25) is 4.79 Å². The van der Waals surface area contributed by atoms with Crippen LogP contribution in [0.15, 0.2) is 23.1 Å². The van der Waals surface area contributed by atoms with Gasteiger partial charge < -0.3 is 14.4 Å². The Balaban J connectivity index is 2.22. The molecule has 2 rings (SSSR count). The summed E-state index contributed by atoms with van der Waals surface area (Å²) < 4.78 is 10.9. The van der Waals surface area contributed by atoms with Crippen LogP contribution in [0.5, 0.6) is 5.75 Å². The summed E-state index contributed by atoms with van der Waals surface area (Å²) in [6.45, 7) is 7.12. The van der Waals surface area contributed by atoms with Gasteiger partial charge >= 0.3 is 0 Å². The largest absolute Gasteiger partial charge is 0.493 e. The van der Waals surface area contributed by atoms with E-state index < -0.39 is 0 Å². The maximum absolute atomic E-state index is 12.5. The molecule has 0 saturated carbocycles. The lowest BCUT2D eigenvalue weighted by Gasteiger charge is -2.27. The summed E-state index contributed by atoms with van der Waals surface area (Å²) in [5.41, 5.74) is 0.647. The zero-order valence-corrected chi connectivity index (χ0v) is 12.9. The van der Waals surface area contributed by atoms with Gasteiger partial charge in [-0.25, -0.2) is 0 Å². The van der Waals surface area contributed by atoms with Crippen molar-refractivity contribution in [3.63, 3.8) is 0 Å². The van der Waals surface area contributed by atoms with E-state index in [4.69, 9.17) is 9.47 Å². The number of nitrogens with zero attached hydrogens (tertiary/aromatic N) is 1. The Morgan fingerprint density at radius 2 is 2.10 bits per heavy atom. The summed E-state index contributed by atoms with van der Waals surface area (Å²) in [5, 5.41) is 0. The van der Waals surface area contributed by atoms with Crippen LogP contribution in [0.2, 0.25) is 0 Å². The van der Waals surface area contributed by atoms with Gasteiger partial charge in [-0.1, -0.05) is 6.92 Å². The monoisotopic (exact) mass is 295 g/mol. The van der Waals surface area contributed by atoms with Gasteiger partial charge in [0.2, 0.25) is 0 Å². The molecule has 0 spiro atoms. The van der Waals surface area contributed by atoms with Crippen molar-refractivity contribution in [3.05, 3.63) is 23.8 Å². The minimum Gasteiger partial charge on any atom is -0.493 e. The molecule has 1 aromatic rings. The van der Waals surface area contributed by atoms with Crippen LogP contribution < -0.4 is 4.74 Å². The Morgan fingerprint density at radius 3 is 2.75 bits per heavy atom. The third-order valence-electron chi connectivity index (χ3n) is 3.09. The van der Waals surface area contributed by atoms with Gasteiger partial charge in [-0.05, 0) is 30.9 Å². The normalized spacial score (nSPS) is 15.2. The molecule has 0 unspecified atom stereocenters. The van der Waals surface area contributed by atoms with Gasteiger partial charge in [0, 0.05) is 18.0 Å². The molecule has 0 bridgehead atoms. The fraction of sp³-hybridized carbons (Fsp3) is 0.533. The fourth-order valence-corrected chi connectivity index (χ4v) is 2.84.